The number of carbonyl (C=O) groups excluding carboxylic acids is 2. The number of carbonyl (C=O) groups is 2. The molecule has 0 aliphatic heterocycles. The number of hydrogen-bond acceptors (Lipinski definition) is 3. The molecule has 1 fully saturated rings. The Morgan fingerprint density at radius 2 is 1.86 bits per heavy atom. The van der Waals surface area contributed by atoms with E-state index in [4.69, 9.17) is 0 Å². The molecule has 4 nitrogen and oxygen atoms in total. The van der Waals surface area contributed by atoms with Crippen molar-refractivity contribution >= 4 is 29.3 Å². The highest BCUT2D eigenvalue weighted by atomic mass is 32.2. The van der Waals surface area contributed by atoms with Gasteiger partial charge in [-0.2, -0.15) is 0 Å². The van der Waals surface area contributed by atoms with Gasteiger partial charge in [0.2, 0.25) is 11.8 Å². The first-order valence-electron chi connectivity index (χ1n) is 7.87. The van der Waals surface area contributed by atoms with Crippen molar-refractivity contribution in [2.75, 3.05) is 16.8 Å². The minimum absolute atomic E-state index is 0.0419. The summed E-state index contributed by atoms with van der Waals surface area (Å²) >= 11 is 1.36. The summed E-state index contributed by atoms with van der Waals surface area (Å²) in [6, 6.07) is 8.03. The minimum Gasteiger partial charge on any atom is -0.353 e. The summed E-state index contributed by atoms with van der Waals surface area (Å²) in [5.74, 6) is 0.616. The molecule has 2 amide bonds. The van der Waals surface area contributed by atoms with Crippen molar-refractivity contribution in [3.8, 4) is 0 Å². The number of thioether (sulfide) groups is 1. The van der Waals surface area contributed by atoms with Crippen molar-refractivity contribution in [3.63, 3.8) is 0 Å². The summed E-state index contributed by atoms with van der Waals surface area (Å²) in [5.41, 5.74) is 1.91. The van der Waals surface area contributed by atoms with Gasteiger partial charge in [0.1, 0.15) is 0 Å². The molecule has 0 radical (unpaired) electrons. The predicted molar refractivity (Wildman–Crippen MR) is 92.1 cm³/mol. The van der Waals surface area contributed by atoms with Crippen molar-refractivity contribution in [1.82, 2.24) is 5.32 Å². The van der Waals surface area contributed by atoms with Crippen LogP contribution in [0.1, 0.15) is 37.7 Å². The van der Waals surface area contributed by atoms with Gasteiger partial charge >= 0.3 is 0 Å². The van der Waals surface area contributed by atoms with Gasteiger partial charge < -0.3 is 10.6 Å². The second kappa shape index (κ2) is 8.83. The fourth-order valence-corrected chi connectivity index (χ4v) is 3.30. The first-order chi connectivity index (χ1) is 10.6. The van der Waals surface area contributed by atoms with Gasteiger partial charge in [0.15, 0.2) is 0 Å². The van der Waals surface area contributed by atoms with E-state index >= 15 is 0 Å². The van der Waals surface area contributed by atoms with Crippen LogP contribution in [0.4, 0.5) is 5.69 Å². The van der Waals surface area contributed by atoms with Gasteiger partial charge in [0.05, 0.1) is 11.5 Å². The van der Waals surface area contributed by atoms with Gasteiger partial charge in [0.25, 0.3) is 0 Å². The molecule has 1 aromatic carbocycles. The van der Waals surface area contributed by atoms with Crippen molar-refractivity contribution < 1.29 is 9.59 Å². The Morgan fingerprint density at radius 1 is 1.14 bits per heavy atom. The smallest absolute Gasteiger partial charge is 0.234 e. The Morgan fingerprint density at radius 3 is 2.59 bits per heavy atom. The zero-order chi connectivity index (χ0) is 15.8. The lowest BCUT2D eigenvalue weighted by atomic mass is 9.95. The third-order valence-electron chi connectivity index (χ3n) is 3.74. The van der Waals surface area contributed by atoms with Crippen LogP contribution in [-0.2, 0) is 9.59 Å². The van der Waals surface area contributed by atoms with Gasteiger partial charge in [-0.25, -0.2) is 0 Å². The largest absolute Gasteiger partial charge is 0.353 e. The monoisotopic (exact) mass is 320 g/mol. The first kappa shape index (κ1) is 16.9. The Hall–Kier alpha value is -1.49. The molecule has 1 saturated carbocycles. The maximum Gasteiger partial charge on any atom is 0.234 e. The van der Waals surface area contributed by atoms with E-state index in [0.717, 1.165) is 24.1 Å². The number of amides is 2. The molecule has 2 rings (SSSR count). The molecule has 1 aliphatic carbocycles. The molecule has 1 aromatic rings. The molecule has 0 atom stereocenters. The van der Waals surface area contributed by atoms with Gasteiger partial charge in [-0.15, -0.1) is 11.8 Å². The van der Waals surface area contributed by atoms with Crippen molar-refractivity contribution in [1.29, 1.82) is 0 Å². The van der Waals surface area contributed by atoms with E-state index in [0.29, 0.717) is 17.5 Å². The molecule has 0 aromatic heterocycles. The Labute approximate surface area is 136 Å². The van der Waals surface area contributed by atoms with Crippen LogP contribution < -0.4 is 10.6 Å². The van der Waals surface area contributed by atoms with Crippen LogP contribution in [0.3, 0.4) is 0 Å². The van der Waals surface area contributed by atoms with E-state index in [9.17, 15) is 9.59 Å². The molecule has 120 valence electrons. The third kappa shape index (κ3) is 6.10. The zero-order valence-corrected chi connectivity index (χ0v) is 13.9. The summed E-state index contributed by atoms with van der Waals surface area (Å²) in [7, 11) is 0. The molecule has 5 heteroatoms. The maximum atomic E-state index is 11.8. The summed E-state index contributed by atoms with van der Waals surface area (Å²) in [4.78, 5) is 23.7. The second-order valence-electron chi connectivity index (χ2n) is 5.81. The van der Waals surface area contributed by atoms with Gasteiger partial charge in [-0.1, -0.05) is 31.4 Å². The molecule has 22 heavy (non-hydrogen) atoms. The van der Waals surface area contributed by atoms with Crippen molar-refractivity contribution in [2.24, 2.45) is 0 Å². The van der Waals surface area contributed by atoms with Crippen LogP contribution in [0.2, 0.25) is 0 Å². The molecule has 0 saturated heterocycles. The minimum atomic E-state index is -0.0685. The van der Waals surface area contributed by atoms with Crippen molar-refractivity contribution in [3.05, 3.63) is 29.8 Å². The molecule has 1 aliphatic rings. The lowest BCUT2D eigenvalue weighted by molar-refractivity contribution is -0.119. The number of hydrogen-bond donors (Lipinski definition) is 2. The van der Waals surface area contributed by atoms with Crippen LogP contribution in [0.15, 0.2) is 24.3 Å². The second-order valence-corrected chi connectivity index (χ2v) is 6.80. The van der Waals surface area contributed by atoms with E-state index in [1.807, 2.05) is 31.2 Å². The fraction of sp³-hybridized carbons (Fsp3) is 0.529. The average molecular weight is 320 g/mol. The first-order valence-corrected chi connectivity index (χ1v) is 9.02. The summed E-state index contributed by atoms with van der Waals surface area (Å²) in [6.07, 6.45) is 5.86. The highest BCUT2D eigenvalue weighted by molar-refractivity contribution is 8.00. The zero-order valence-electron chi connectivity index (χ0n) is 13.1. The maximum absolute atomic E-state index is 11.8. The van der Waals surface area contributed by atoms with Crippen LogP contribution in [-0.4, -0.2) is 29.4 Å². The fourth-order valence-electron chi connectivity index (χ4n) is 2.67. The molecule has 2 N–H and O–H groups in total. The van der Waals surface area contributed by atoms with Crippen LogP contribution in [0, 0.1) is 6.92 Å². The molecular formula is C17H24N2O2S. The summed E-state index contributed by atoms with van der Waals surface area (Å²) in [6.45, 7) is 1.99. The number of nitrogens with one attached hydrogen (secondary N) is 2. The summed E-state index contributed by atoms with van der Waals surface area (Å²) < 4.78 is 0. The topological polar surface area (TPSA) is 58.2 Å². The van der Waals surface area contributed by atoms with Gasteiger partial charge in [0, 0.05) is 11.7 Å². The predicted octanol–water partition coefficient (Wildman–Crippen LogP) is 3.12. The van der Waals surface area contributed by atoms with Crippen molar-refractivity contribution in [2.45, 2.75) is 45.1 Å². The normalized spacial score (nSPS) is 15.3. The van der Waals surface area contributed by atoms with Crippen LogP contribution in [0.25, 0.3) is 0 Å². The van der Waals surface area contributed by atoms with E-state index in [2.05, 4.69) is 10.6 Å². The Kier molecular flexibility index (Phi) is 6.77. The molecule has 0 bridgehead atoms. The lowest BCUT2D eigenvalue weighted by Gasteiger charge is -2.22. The quantitative estimate of drug-likeness (QED) is 0.847. The molecular weight excluding hydrogens is 296 g/mol. The average Bonchev–Trinajstić information content (AvgIpc) is 2.48. The van der Waals surface area contributed by atoms with E-state index in [1.165, 1.54) is 31.0 Å². The number of aryl methyl sites for hydroxylation is 1. The summed E-state index contributed by atoms with van der Waals surface area (Å²) in [5, 5.41) is 5.90. The molecule has 0 unspecified atom stereocenters. The van der Waals surface area contributed by atoms with E-state index < -0.39 is 0 Å². The third-order valence-corrected chi connectivity index (χ3v) is 4.67. The lowest BCUT2D eigenvalue weighted by Crippen LogP contribution is -2.37. The van der Waals surface area contributed by atoms with Gasteiger partial charge in [-0.3, -0.25) is 9.59 Å². The Balaban J connectivity index is 1.63. The standard InChI is InChI=1S/C17H24N2O2S/c1-13-6-5-9-15(10-13)19-17(21)12-22-11-16(20)18-14-7-3-2-4-8-14/h5-6,9-10,14H,2-4,7-8,11-12H2,1H3,(H,18,20)(H,19,21). The molecule has 0 heterocycles. The molecule has 0 spiro atoms. The van der Waals surface area contributed by atoms with Crippen LogP contribution >= 0.6 is 11.8 Å². The number of benzene rings is 1. The van der Waals surface area contributed by atoms with E-state index in [1.54, 1.807) is 0 Å². The highest BCUT2D eigenvalue weighted by Crippen LogP contribution is 2.17. The van der Waals surface area contributed by atoms with Crippen LogP contribution in [0.5, 0.6) is 0 Å². The highest BCUT2D eigenvalue weighted by Gasteiger charge is 2.15. The van der Waals surface area contributed by atoms with E-state index in [-0.39, 0.29) is 11.8 Å². The Bertz CT molecular complexity index is 513. The number of rotatable bonds is 6. The SMILES string of the molecule is Cc1cccc(NC(=O)CSCC(=O)NC2CCCCC2)c1. The van der Waals surface area contributed by atoms with Gasteiger partial charge in [-0.05, 0) is 37.5 Å². The number of anilines is 1.